The number of carbonyl (C=O) groups excluding carboxylic acids is 1. The Morgan fingerprint density at radius 2 is 1.86 bits per heavy atom. The molecule has 36 heavy (non-hydrogen) atoms. The summed E-state index contributed by atoms with van der Waals surface area (Å²) < 4.78 is 25.6. The standard InChI is InChI=1S/C25H28FN7O3/c1-25(2)23(34)31-22-19(36-25)8-9-20(30-22)29-21-18(26)14-27-24(32-21)28-15-4-6-16(7-5-15)33-12-10-17(35-3)11-13-33/h4-9,14,17H,10-13H2,1-3H3,(H3,27,28,29,30,31,32,34). The molecule has 2 aliphatic heterocycles. The molecule has 0 bridgehead atoms. The second kappa shape index (κ2) is 9.57. The fourth-order valence-electron chi connectivity index (χ4n) is 4.14. The second-order valence-electron chi connectivity index (χ2n) is 9.22. The van der Waals surface area contributed by atoms with Crippen molar-refractivity contribution in [3.63, 3.8) is 0 Å². The Kier molecular flexibility index (Phi) is 6.31. The molecule has 4 heterocycles. The lowest BCUT2D eigenvalue weighted by Crippen LogP contribution is -2.46. The lowest BCUT2D eigenvalue weighted by molar-refractivity contribution is -0.129. The van der Waals surface area contributed by atoms with Gasteiger partial charge in [0.15, 0.2) is 28.8 Å². The van der Waals surface area contributed by atoms with E-state index in [1.54, 1.807) is 33.1 Å². The summed E-state index contributed by atoms with van der Waals surface area (Å²) in [6.45, 7) is 5.23. The molecule has 2 aliphatic rings. The molecule has 3 aromatic rings. The van der Waals surface area contributed by atoms with Crippen LogP contribution in [-0.2, 0) is 9.53 Å². The molecule has 1 aromatic carbocycles. The molecule has 1 saturated heterocycles. The zero-order valence-corrected chi connectivity index (χ0v) is 20.3. The predicted molar refractivity (Wildman–Crippen MR) is 135 cm³/mol. The average Bonchev–Trinajstić information content (AvgIpc) is 2.87. The third-order valence-electron chi connectivity index (χ3n) is 6.26. The molecule has 1 fully saturated rings. The first kappa shape index (κ1) is 23.7. The first-order chi connectivity index (χ1) is 17.3. The van der Waals surface area contributed by atoms with Crippen LogP contribution in [0.2, 0.25) is 0 Å². The van der Waals surface area contributed by atoms with Gasteiger partial charge in [0, 0.05) is 31.6 Å². The number of benzene rings is 1. The van der Waals surface area contributed by atoms with E-state index in [9.17, 15) is 9.18 Å². The highest BCUT2D eigenvalue weighted by Crippen LogP contribution is 2.33. The first-order valence-electron chi connectivity index (χ1n) is 11.8. The van der Waals surface area contributed by atoms with Gasteiger partial charge >= 0.3 is 0 Å². The Hall–Kier alpha value is -3.99. The molecule has 0 spiro atoms. The number of amides is 1. The highest BCUT2D eigenvalue weighted by Gasteiger charge is 2.36. The van der Waals surface area contributed by atoms with E-state index in [1.807, 2.05) is 24.3 Å². The fourth-order valence-corrected chi connectivity index (χ4v) is 4.14. The number of methoxy groups -OCH3 is 1. The second-order valence-corrected chi connectivity index (χ2v) is 9.22. The van der Waals surface area contributed by atoms with E-state index in [1.165, 1.54) is 0 Å². The van der Waals surface area contributed by atoms with Crippen molar-refractivity contribution in [2.45, 2.75) is 38.4 Å². The fraction of sp³-hybridized carbons (Fsp3) is 0.360. The Morgan fingerprint density at radius 3 is 2.58 bits per heavy atom. The van der Waals surface area contributed by atoms with Crippen LogP contribution in [0.1, 0.15) is 26.7 Å². The van der Waals surface area contributed by atoms with E-state index in [4.69, 9.17) is 9.47 Å². The van der Waals surface area contributed by atoms with Crippen LogP contribution in [0.5, 0.6) is 5.75 Å². The number of fused-ring (bicyclic) bond motifs is 1. The topological polar surface area (TPSA) is 114 Å². The number of nitrogens with one attached hydrogen (secondary N) is 3. The number of ether oxygens (including phenoxy) is 2. The summed E-state index contributed by atoms with van der Waals surface area (Å²) in [7, 11) is 1.76. The lowest BCUT2D eigenvalue weighted by atomic mass is 10.1. The number of rotatable bonds is 6. The van der Waals surface area contributed by atoms with Crippen LogP contribution in [0.25, 0.3) is 0 Å². The van der Waals surface area contributed by atoms with Gasteiger partial charge in [-0.15, -0.1) is 0 Å². The predicted octanol–water partition coefficient (Wildman–Crippen LogP) is 4.22. The molecular weight excluding hydrogens is 465 g/mol. The number of hydrogen-bond acceptors (Lipinski definition) is 9. The first-order valence-corrected chi connectivity index (χ1v) is 11.8. The van der Waals surface area contributed by atoms with Crippen molar-refractivity contribution in [1.29, 1.82) is 0 Å². The van der Waals surface area contributed by atoms with Gasteiger partial charge in [-0.1, -0.05) is 0 Å². The maximum absolute atomic E-state index is 14.5. The Balaban J connectivity index is 1.26. The average molecular weight is 494 g/mol. The van der Waals surface area contributed by atoms with Crippen molar-refractivity contribution in [3.8, 4) is 5.75 Å². The molecule has 5 rings (SSSR count). The van der Waals surface area contributed by atoms with Crippen LogP contribution in [0.15, 0.2) is 42.6 Å². The number of hydrogen-bond donors (Lipinski definition) is 3. The summed E-state index contributed by atoms with van der Waals surface area (Å²) in [5.41, 5.74) is 0.912. The van der Waals surface area contributed by atoms with E-state index in [2.05, 4.69) is 35.8 Å². The molecule has 0 saturated carbocycles. The Bertz CT molecular complexity index is 1260. The minimum Gasteiger partial charge on any atom is -0.474 e. The van der Waals surface area contributed by atoms with Crippen molar-refractivity contribution in [1.82, 2.24) is 15.0 Å². The highest BCUT2D eigenvalue weighted by atomic mass is 19.1. The van der Waals surface area contributed by atoms with E-state index in [0.29, 0.717) is 17.7 Å². The largest absolute Gasteiger partial charge is 0.474 e. The number of anilines is 6. The number of nitrogens with zero attached hydrogens (tertiary/aromatic N) is 4. The van der Waals surface area contributed by atoms with Gasteiger partial charge in [0.05, 0.1) is 12.3 Å². The van der Waals surface area contributed by atoms with E-state index >= 15 is 0 Å². The van der Waals surface area contributed by atoms with Gasteiger partial charge in [0.25, 0.3) is 5.91 Å². The maximum atomic E-state index is 14.5. The van der Waals surface area contributed by atoms with Gasteiger partial charge in [0.2, 0.25) is 5.95 Å². The SMILES string of the molecule is COC1CCN(c2ccc(Nc3ncc(F)c(Nc4ccc5c(n4)NC(=O)C(C)(C)O5)n3)cc2)CC1. The zero-order chi connectivity index (χ0) is 25.3. The molecule has 1 amide bonds. The Morgan fingerprint density at radius 1 is 1.11 bits per heavy atom. The van der Waals surface area contributed by atoms with Crippen LogP contribution in [0.3, 0.4) is 0 Å². The summed E-state index contributed by atoms with van der Waals surface area (Å²) in [6, 6.07) is 11.2. The summed E-state index contributed by atoms with van der Waals surface area (Å²) >= 11 is 0. The van der Waals surface area contributed by atoms with Gasteiger partial charge in [-0.25, -0.2) is 14.4 Å². The smallest absolute Gasteiger partial charge is 0.269 e. The van der Waals surface area contributed by atoms with Crippen LogP contribution >= 0.6 is 0 Å². The summed E-state index contributed by atoms with van der Waals surface area (Å²) in [5.74, 6) is 0.194. The number of piperidine rings is 1. The van der Waals surface area contributed by atoms with E-state index in [0.717, 1.165) is 43.5 Å². The lowest BCUT2D eigenvalue weighted by Gasteiger charge is -2.33. The normalized spacial score (nSPS) is 17.1. The molecular formula is C25H28FN7O3. The van der Waals surface area contributed by atoms with Crippen molar-refractivity contribution in [2.75, 3.05) is 41.0 Å². The van der Waals surface area contributed by atoms with Crippen LogP contribution < -0.4 is 25.6 Å². The number of aromatic nitrogens is 3. The Labute approximate surface area is 208 Å². The summed E-state index contributed by atoms with van der Waals surface area (Å²) in [5, 5.41) is 8.65. The van der Waals surface area contributed by atoms with Crippen molar-refractivity contribution in [2.24, 2.45) is 0 Å². The molecule has 3 N–H and O–H groups in total. The molecule has 0 unspecified atom stereocenters. The summed E-state index contributed by atoms with van der Waals surface area (Å²) in [6.07, 6.45) is 3.42. The van der Waals surface area contributed by atoms with Crippen molar-refractivity contribution >= 4 is 40.7 Å². The van der Waals surface area contributed by atoms with Gasteiger partial charge in [-0.05, 0) is 63.1 Å². The third kappa shape index (κ3) is 5.01. The molecule has 10 nitrogen and oxygen atoms in total. The number of pyridine rings is 1. The molecule has 0 radical (unpaired) electrons. The number of carbonyl (C=O) groups is 1. The number of halogens is 1. The van der Waals surface area contributed by atoms with E-state index < -0.39 is 11.4 Å². The van der Waals surface area contributed by atoms with Crippen molar-refractivity contribution in [3.05, 3.63) is 48.4 Å². The highest BCUT2D eigenvalue weighted by molar-refractivity contribution is 5.99. The van der Waals surface area contributed by atoms with Crippen LogP contribution in [0.4, 0.5) is 39.2 Å². The molecule has 2 aromatic heterocycles. The molecule has 11 heteroatoms. The van der Waals surface area contributed by atoms with E-state index in [-0.39, 0.29) is 23.5 Å². The molecule has 0 atom stereocenters. The third-order valence-corrected chi connectivity index (χ3v) is 6.26. The van der Waals surface area contributed by atoms with Crippen LogP contribution in [0, 0.1) is 5.82 Å². The van der Waals surface area contributed by atoms with Gasteiger partial charge in [-0.2, -0.15) is 4.98 Å². The maximum Gasteiger partial charge on any atom is 0.269 e. The van der Waals surface area contributed by atoms with Gasteiger partial charge in [0.1, 0.15) is 5.82 Å². The van der Waals surface area contributed by atoms with Crippen molar-refractivity contribution < 1.29 is 18.7 Å². The minimum absolute atomic E-state index is 0.0547. The monoisotopic (exact) mass is 493 g/mol. The van der Waals surface area contributed by atoms with Crippen LogP contribution in [-0.4, -0.2) is 52.8 Å². The minimum atomic E-state index is -0.998. The molecule has 188 valence electrons. The van der Waals surface area contributed by atoms with Gasteiger partial charge in [-0.3, -0.25) is 4.79 Å². The van der Waals surface area contributed by atoms with Gasteiger partial charge < -0.3 is 30.3 Å². The quantitative estimate of drug-likeness (QED) is 0.464. The summed E-state index contributed by atoms with van der Waals surface area (Å²) in [4.78, 5) is 27.1. The molecule has 0 aliphatic carbocycles. The zero-order valence-electron chi connectivity index (χ0n) is 20.3.